The Hall–Kier alpha value is -2.10. The maximum absolute atomic E-state index is 13.5. The Morgan fingerprint density at radius 3 is 2.62 bits per heavy atom. The summed E-state index contributed by atoms with van der Waals surface area (Å²) in [4.78, 5) is 22.1. The molecule has 0 bridgehead atoms. The highest BCUT2D eigenvalue weighted by Crippen LogP contribution is 2.28. The molecule has 0 radical (unpaired) electrons. The van der Waals surface area contributed by atoms with Crippen LogP contribution in [0.1, 0.15) is 13.3 Å². The molecule has 1 aliphatic rings. The van der Waals surface area contributed by atoms with Crippen LogP contribution in [-0.4, -0.2) is 41.0 Å². The molecule has 0 amide bonds. The van der Waals surface area contributed by atoms with Crippen molar-refractivity contribution in [2.24, 2.45) is 0 Å². The lowest BCUT2D eigenvalue weighted by Crippen LogP contribution is -2.52. The Bertz CT molecular complexity index is 495. The van der Waals surface area contributed by atoms with Gasteiger partial charge < -0.3 is 9.84 Å². The zero-order valence-corrected chi connectivity index (χ0v) is 10.8. The van der Waals surface area contributed by atoms with Crippen LogP contribution >= 0.6 is 0 Å². The van der Waals surface area contributed by atoms with Crippen molar-refractivity contribution >= 4 is 11.9 Å². The zero-order valence-electron chi connectivity index (χ0n) is 10.8. The number of nitrogens with zero attached hydrogens (tertiary/aromatic N) is 1. The molecule has 1 heterocycles. The van der Waals surface area contributed by atoms with Crippen LogP contribution in [0.2, 0.25) is 0 Å². The van der Waals surface area contributed by atoms with Crippen LogP contribution < -0.4 is 5.43 Å². The predicted octanol–water partition coefficient (Wildman–Crippen LogP) is 1.47. The highest BCUT2D eigenvalue weighted by Gasteiger charge is 2.36. The lowest BCUT2D eigenvalue weighted by molar-refractivity contribution is -0.152. The molecular formula is C11H12F4N2O4. The summed E-state index contributed by atoms with van der Waals surface area (Å²) in [6.45, 7) is 1.31. The number of rotatable bonds is 6. The fraction of sp³-hybridized carbons (Fsp3) is 0.455. The number of allylic oxidation sites excluding steroid dienone is 2. The molecular weight excluding hydrogens is 300 g/mol. The number of hydrazine groups is 1. The van der Waals surface area contributed by atoms with Gasteiger partial charge in [0.25, 0.3) is 0 Å². The van der Waals surface area contributed by atoms with Crippen molar-refractivity contribution in [3.8, 4) is 0 Å². The Morgan fingerprint density at radius 1 is 1.48 bits per heavy atom. The van der Waals surface area contributed by atoms with Gasteiger partial charge in [-0.3, -0.25) is 9.59 Å². The van der Waals surface area contributed by atoms with Gasteiger partial charge in [-0.25, -0.2) is 23.6 Å². The molecule has 2 unspecified atom stereocenters. The van der Waals surface area contributed by atoms with Gasteiger partial charge in [0.1, 0.15) is 6.04 Å². The second kappa shape index (κ2) is 7.07. The van der Waals surface area contributed by atoms with E-state index in [-0.39, 0.29) is 17.7 Å². The average Bonchev–Trinajstić information content (AvgIpc) is 2.40. The molecule has 21 heavy (non-hydrogen) atoms. The summed E-state index contributed by atoms with van der Waals surface area (Å²) < 4.78 is 57.5. The van der Waals surface area contributed by atoms with Crippen LogP contribution in [0.15, 0.2) is 23.7 Å². The highest BCUT2D eigenvalue weighted by molar-refractivity contribution is 5.81. The van der Waals surface area contributed by atoms with E-state index in [4.69, 9.17) is 5.11 Å². The van der Waals surface area contributed by atoms with Crippen molar-refractivity contribution in [2.45, 2.75) is 25.7 Å². The van der Waals surface area contributed by atoms with Crippen molar-refractivity contribution < 1.29 is 37.0 Å². The first-order chi connectivity index (χ1) is 9.77. The molecule has 0 fully saturated rings. The first-order valence-electron chi connectivity index (χ1n) is 5.78. The van der Waals surface area contributed by atoms with Crippen molar-refractivity contribution in [1.82, 2.24) is 10.4 Å². The van der Waals surface area contributed by atoms with Crippen molar-refractivity contribution in [2.75, 3.05) is 6.61 Å². The molecule has 0 saturated heterocycles. The van der Waals surface area contributed by atoms with Gasteiger partial charge in [0, 0.05) is 6.08 Å². The zero-order chi connectivity index (χ0) is 16.2. The maximum Gasteiger partial charge on any atom is 0.325 e. The lowest BCUT2D eigenvalue weighted by atomic mass is 10.2. The van der Waals surface area contributed by atoms with Gasteiger partial charge in [0.15, 0.2) is 11.7 Å². The van der Waals surface area contributed by atoms with Gasteiger partial charge in [-0.1, -0.05) is 0 Å². The number of aliphatic carboxylic acids is 1. The second-order valence-electron chi connectivity index (χ2n) is 3.91. The third-order valence-electron chi connectivity index (χ3n) is 2.37. The van der Waals surface area contributed by atoms with E-state index in [1.807, 2.05) is 0 Å². The largest absolute Gasteiger partial charge is 0.481 e. The molecule has 0 aliphatic carbocycles. The minimum atomic E-state index is -2.74. The normalized spacial score (nSPS) is 20.1. The number of carbonyl (C=O) groups is 2. The van der Waals surface area contributed by atoms with Crippen LogP contribution in [0.4, 0.5) is 17.6 Å². The van der Waals surface area contributed by atoms with Gasteiger partial charge in [0.05, 0.1) is 13.0 Å². The number of hydrogen-bond acceptors (Lipinski definition) is 5. The van der Waals surface area contributed by atoms with Gasteiger partial charge in [0.2, 0.25) is 12.2 Å². The first kappa shape index (κ1) is 17.0. The second-order valence-corrected chi connectivity index (χ2v) is 3.91. The molecule has 118 valence electrons. The topological polar surface area (TPSA) is 78.9 Å². The molecule has 10 heteroatoms. The van der Waals surface area contributed by atoms with Gasteiger partial charge in [-0.2, -0.15) is 4.39 Å². The number of ether oxygens (including phenoxy) is 1. The van der Waals surface area contributed by atoms with E-state index in [1.54, 1.807) is 5.43 Å². The fourth-order valence-electron chi connectivity index (χ4n) is 1.48. The molecule has 0 aromatic heterocycles. The SMILES string of the molecule is CCOC(=O)C(CC(=O)O)NN1C(F)=C(F)C=C(F)C1F. The van der Waals surface area contributed by atoms with E-state index in [0.717, 1.165) is 0 Å². The Labute approximate surface area is 116 Å². The van der Waals surface area contributed by atoms with E-state index in [1.165, 1.54) is 6.92 Å². The number of esters is 1. The summed E-state index contributed by atoms with van der Waals surface area (Å²) in [6.07, 6.45) is -3.63. The molecule has 6 nitrogen and oxygen atoms in total. The Morgan fingerprint density at radius 2 is 2.10 bits per heavy atom. The van der Waals surface area contributed by atoms with Crippen LogP contribution in [0.3, 0.4) is 0 Å². The van der Waals surface area contributed by atoms with Gasteiger partial charge >= 0.3 is 11.9 Å². The van der Waals surface area contributed by atoms with Crippen LogP contribution in [0, 0.1) is 0 Å². The van der Waals surface area contributed by atoms with Crippen molar-refractivity contribution in [3.63, 3.8) is 0 Å². The minimum Gasteiger partial charge on any atom is -0.481 e. The summed E-state index contributed by atoms with van der Waals surface area (Å²) in [6, 6.07) is -1.72. The molecule has 0 aromatic rings. The Kier molecular flexibility index (Phi) is 5.70. The molecule has 0 saturated carbocycles. The fourth-order valence-corrected chi connectivity index (χ4v) is 1.48. The molecule has 2 N–H and O–H groups in total. The van der Waals surface area contributed by atoms with Crippen molar-refractivity contribution in [3.05, 3.63) is 23.7 Å². The van der Waals surface area contributed by atoms with Crippen molar-refractivity contribution in [1.29, 1.82) is 0 Å². The van der Waals surface area contributed by atoms with E-state index < -0.39 is 48.3 Å². The molecule has 0 aromatic carbocycles. The van der Waals surface area contributed by atoms with E-state index in [0.29, 0.717) is 0 Å². The monoisotopic (exact) mass is 312 g/mol. The standard InChI is InChI=1S/C11H12F4N2O4/c1-2-21-11(20)7(4-8(18)19)16-17-9(14)5(12)3-6(13)10(17)15/h3,7,9,16H,2,4H2,1H3,(H,18,19). The molecule has 1 rings (SSSR count). The third-order valence-corrected chi connectivity index (χ3v) is 2.37. The minimum absolute atomic E-state index is 0.00868. The van der Waals surface area contributed by atoms with Crippen LogP contribution in [0.25, 0.3) is 0 Å². The number of carbonyl (C=O) groups excluding carboxylic acids is 1. The van der Waals surface area contributed by atoms with Crippen LogP contribution in [0.5, 0.6) is 0 Å². The van der Waals surface area contributed by atoms with E-state index in [9.17, 15) is 27.2 Å². The number of nitrogens with one attached hydrogen (secondary N) is 1. The summed E-state index contributed by atoms with van der Waals surface area (Å²) in [7, 11) is 0. The number of carboxylic acid groups (broad SMARTS) is 1. The van der Waals surface area contributed by atoms with E-state index in [2.05, 4.69) is 4.74 Å². The summed E-state index contributed by atoms with van der Waals surface area (Å²) in [5.74, 6) is -7.76. The summed E-state index contributed by atoms with van der Waals surface area (Å²) in [5.41, 5.74) is 1.78. The Balaban J connectivity index is 2.94. The summed E-state index contributed by atoms with van der Waals surface area (Å²) in [5, 5.41) is 8.40. The number of halogens is 4. The predicted molar refractivity (Wildman–Crippen MR) is 61.0 cm³/mol. The highest BCUT2D eigenvalue weighted by atomic mass is 19.2. The lowest BCUT2D eigenvalue weighted by Gasteiger charge is -2.31. The maximum atomic E-state index is 13.5. The first-order valence-corrected chi connectivity index (χ1v) is 5.78. The quantitative estimate of drug-likeness (QED) is 0.439. The third kappa shape index (κ3) is 4.18. The molecule has 2 atom stereocenters. The smallest absolute Gasteiger partial charge is 0.325 e. The number of hydrogen-bond donors (Lipinski definition) is 2. The average molecular weight is 312 g/mol. The number of alkyl halides is 1. The van der Waals surface area contributed by atoms with E-state index >= 15 is 0 Å². The molecule has 1 aliphatic heterocycles. The summed E-state index contributed by atoms with van der Waals surface area (Å²) >= 11 is 0. The molecule has 0 spiro atoms. The van der Waals surface area contributed by atoms with Gasteiger partial charge in [-0.05, 0) is 6.92 Å². The number of carboxylic acids is 1. The van der Waals surface area contributed by atoms with Crippen LogP contribution in [-0.2, 0) is 14.3 Å². The van der Waals surface area contributed by atoms with Gasteiger partial charge in [-0.15, -0.1) is 0 Å².